The summed E-state index contributed by atoms with van der Waals surface area (Å²) >= 11 is 0. The Kier molecular flexibility index (Phi) is 12.2. The van der Waals surface area contributed by atoms with Crippen LogP contribution in [-0.4, -0.2) is 38.5 Å². The molecule has 0 bridgehead atoms. The van der Waals surface area contributed by atoms with Crippen molar-refractivity contribution >= 4 is 11.8 Å². The predicted molar refractivity (Wildman–Crippen MR) is 70.7 cm³/mol. The second kappa shape index (κ2) is 11.4. The molecule has 0 aromatic carbocycles. The van der Waals surface area contributed by atoms with Gasteiger partial charge in [0.2, 0.25) is 11.8 Å². The van der Waals surface area contributed by atoms with Gasteiger partial charge in [0.25, 0.3) is 0 Å². The zero-order valence-electron chi connectivity index (χ0n) is 11.9. The van der Waals surface area contributed by atoms with E-state index in [4.69, 9.17) is 0 Å². The molecule has 3 N–H and O–H groups in total. The minimum absolute atomic E-state index is 0.0280. The van der Waals surface area contributed by atoms with E-state index >= 15 is 0 Å². The van der Waals surface area contributed by atoms with Crippen molar-refractivity contribution in [2.75, 3.05) is 20.6 Å². The Labute approximate surface area is 105 Å². The number of amides is 2. The van der Waals surface area contributed by atoms with Crippen LogP contribution in [0.2, 0.25) is 0 Å². The molecule has 102 valence electrons. The molecule has 0 radical (unpaired) electrons. The average molecular weight is 245 g/mol. The van der Waals surface area contributed by atoms with Crippen LogP contribution >= 0.6 is 0 Å². The summed E-state index contributed by atoms with van der Waals surface area (Å²) in [5.41, 5.74) is 0. The molecule has 0 saturated carbocycles. The molecule has 0 aromatic heterocycles. The summed E-state index contributed by atoms with van der Waals surface area (Å²) in [7, 11) is 3.26. The highest BCUT2D eigenvalue weighted by Gasteiger charge is 2.19. The SMILES string of the molecule is CCC.CNC(=O)CNC(=O)C(NC)C(C)C. The van der Waals surface area contributed by atoms with E-state index in [2.05, 4.69) is 29.8 Å². The van der Waals surface area contributed by atoms with Gasteiger partial charge in [0, 0.05) is 7.05 Å². The van der Waals surface area contributed by atoms with E-state index in [1.807, 2.05) is 13.8 Å². The van der Waals surface area contributed by atoms with Gasteiger partial charge in [-0.25, -0.2) is 0 Å². The van der Waals surface area contributed by atoms with Gasteiger partial charge < -0.3 is 16.0 Å². The number of hydrogen-bond acceptors (Lipinski definition) is 3. The van der Waals surface area contributed by atoms with E-state index in [9.17, 15) is 9.59 Å². The van der Waals surface area contributed by atoms with Gasteiger partial charge >= 0.3 is 0 Å². The first kappa shape index (κ1) is 18.3. The van der Waals surface area contributed by atoms with Gasteiger partial charge in [-0.15, -0.1) is 0 Å². The molecule has 1 atom stereocenters. The van der Waals surface area contributed by atoms with Crippen LogP contribution in [0.1, 0.15) is 34.1 Å². The smallest absolute Gasteiger partial charge is 0.239 e. The minimum atomic E-state index is -0.250. The molecule has 5 nitrogen and oxygen atoms in total. The molecule has 0 aliphatic rings. The largest absolute Gasteiger partial charge is 0.358 e. The zero-order chi connectivity index (χ0) is 13.8. The molecule has 2 amide bonds. The number of carbonyl (C=O) groups excluding carboxylic acids is 2. The standard InChI is InChI=1S/C9H19N3O2.C3H8/c1-6(2)8(11-4)9(14)12-5-7(13)10-3;1-3-2/h6,8,11H,5H2,1-4H3,(H,10,13)(H,12,14);3H2,1-2H3. The molecule has 0 aromatic rings. The first-order valence-corrected chi connectivity index (χ1v) is 6.09. The van der Waals surface area contributed by atoms with Crippen molar-refractivity contribution in [1.82, 2.24) is 16.0 Å². The van der Waals surface area contributed by atoms with Crippen molar-refractivity contribution < 1.29 is 9.59 Å². The number of likely N-dealkylation sites (N-methyl/N-ethyl adjacent to an activating group) is 2. The van der Waals surface area contributed by atoms with Gasteiger partial charge in [-0.1, -0.05) is 34.1 Å². The van der Waals surface area contributed by atoms with E-state index in [0.29, 0.717) is 0 Å². The third-order valence-electron chi connectivity index (χ3n) is 1.96. The van der Waals surface area contributed by atoms with Crippen LogP contribution in [0.3, 0.4) is 0 Å². The molecule has 0 aliphatic heterocycles. The Morgan fingerprint density at radius 3 is 1.88 bits per heavy atom. The highest BCUT2D eigenvalue weighted by Crippen LogP contribution is 1.99. The summed E-state index contributed by atoms with van der Waals surface area (Å²) in [6.07, 6.45) is 1.25. The Bertz CT molecular complexity index is 218. The molecule has 0 spiro atoms. The summed E-state index contributed by atoms with van der Waals surface area (Å²) in [6.45, 7) is 8.17. The van der Waals surface area contributed by atoms with E-state index in [-0.39, 0.29) is 30.3 Å². The monoisotopic (exact) mass is 245 g/mol. The fraction of sp³-hybridized carbons (Fsp3) is 0.833. The quantitative estimate of drug-likeness (QED) is 0.661. The number of carbonyl (C=O) groups is 2. The maximum Gasteiger partial charge on any atom is 0.239 e. The molecular weight excluding hydrogens is 218 g/mol. The Morgan fingerprint density at radius 2 is 1.59 bits per heavy atom. The van der Waals surface area contributed by atoms with Gasteiger partial charge in [-0.3, -0.25) is 9.59 Å². The third-order valence-corrected chi connectivity index (χ3v) is 1.96. The van der Waals surface area contributed by atoms with Crippen LogP contribution in [0.25, 0.3) is 0 Å². The summed E-state index contributed by atoms with van der Waals surface area (Å²) in [5, 5.41) is 7.88. The summed E-state index contributed by atoms with van der Waals surface area (Å²) < 4.78 is 0. The van der Waals surface area contributed by atoms with Gasteiger partial charge in [0.15, 0.2) is 0 Å². The first-order chi connectivity index (χ1) is 7.94. The molecule has 17 heavy (non-hydrogen) atoms. The third kappa shape index (κ3) is 9.81. The van der Waals surface area contributed by atoms with Crippen LogP contribution in [-0.2, 0) is 9.59 Å². The molecule has 0 heterocycles. The number of rotatable bonds is 5. The fourth-order valence-corrected chi connectivity index (χ4v) is 1.13. The lowest BCUT2D eigenvalue weighted by atomic mass is 10.0. The first-order valence-electron chi connectivity index (χ1n) is 6.09. The molecule has 5 heteroatoms. The van der Waals surface area contributed by atoms with Gasteiger partial charge in [-0.05, 0) is 13.0 Å². The van der Waals surface area contributed by atoms with Crippen LogP contribution in [0.4, 0.5) is 0 Å². The Morgan fingerprint density at radius 1 is 1.12 bits per heavy atom. The van der Waals surface area contributed by atoms with Gasteiger partial charge in [-0.2, -0.15) is 0 Å². The molecule has 0 rings (SSSR count). The lowest BCUT2D eigenvalue weighted by Gasteiger charge is -2.18. The van der Waals surface area contributed by atoms with Gasteiger partial charge in [0.05, 0.1) is 12.6 Å². The van der Waals surface area contributed by atoms with E-state index in [0.717, 1.165) is 0 Å². The van der Waals surface area contributed by atoms with E-state index in [1.54, 1.807) is 7.05 Å². The van der Waals surface area contributed by atoms with Crippen LogP contribution in [0.15, 0.2) is 0 Å². The lowest BCUT2D eigenvalue weighted by Crippen LogP contribution is -2.48. The summed E-state index contributed by atoms with van der Waals surface area (Å²) in [4.78, 5) is 22.3. The number of hydrogen-bond donors (Lipinski definition) is 3. The maximum atomic E-state index is 11.5. The minimum Gasteiger partial charge on any atom is -0.358 e. The van der Waals surface area contributed by atoms with Crippen LogP contribution in [0.5, 0.6) is 0 Å². The molecule has 1 unspecified atom stereocenters. The van der Waals surface area contributed by atoms with Gasteiger partial charge in [0.1, 0.15) is 0 Å². The highest BCUT2D eigenvalue weighted by molar-refractivity contribution is 5.87. The van der Waals surface area contributed by atoms with E-state index in [1.165, 1.54) is 13.5 Å². The van der Waals surface area contributed by atoms with Crippen molar-refractivity contribution in [2.24, 2.45) is 5.92 Å². The van der Waals surface area contributed by atoms with Crippen molar-refractivity contribution in [3.8, 4) is 0 Å². The number of nitrogens with one attached hydrogen (secondary N) is 3. The van der Waals surface area contributed by atoms with Crippen molar-refractivity contribution in [2.45, 2.75) is 40.2 Å². The topological polar surface area (TPSA) is 70.2 Å². The highest BCUT2D eigenvalue weighted by atomic mass is 16.2. The maximum absolute atomic E-state index is 11.5. The summed E-state index contributed by atoms with van der Waals surface area (Å²) in [5.74, 6) is -0.146. The lowest BCUT2D eigenvalue weighted by molar-refractivity contribution is -0.127. The average Bonchev–Trinajstić information content (AvgIpc) is 2.27. The van der Waals surface area contributed by atoms with E-state index < -0.39 is 0 Å². The predicted octanol–water partition coefficient (Wildman–Crippen LogP) is 0.509. The van der Waals surface area contributed by atoms with Crippen molar-refractivity contribution in [1.29, 1.82) is 0 Å². The van der Waals surface area contributed by atoms with Crippen molar-refractivity contribution in [3.63, 3.8) is 0 Å². The molecular formula is C12H27N3O2. The zero-order valence-corrected chi connectivity index (χ0v) is 11.9. The summed E-state index contributed by atoms with van der Waals surface area (Å²) in [6, 6.07) is -0.250. The normalized spacial score (nSPS) is 11.2. The second-order valence-corrected chi connectivity index (χ2v) is 4.11. The molecule has 0 aliphatic carbocycles. The fourth-order valence-electron chi connectivity index (χ4n) is 1.13. The molecule has 0 saturated heterocycles. The molecule has 0 fully saturated rings. The second-order valence-electron chi connectivity index (χ2n) is 4.11. The van der Waals surface area contributed by atoms with Crippen molar-refractivity contribution in [3.05, 3.63) is 0 Å². The van der Waals surface area contributed by atoms with Crippen LogP contribution < -0.4 is 16.0 Å². The Hall–Kier alpha value is -1.10. The van der Waals surface area contributed by atoms with Crippen LogP contribution in [0, 0.1) is 5.92 Å². The Balaban J connectivity index is 0.